The van der Waals surface area contributed by atoms with Crippen LogP contribution in [-0.4, -0.2) is 9.49 Å². The van der Waals surface area contributed by atoms with Gasteiger partial charge < -0.3 is 9.30 Å². The minimum Gasteiger partial charge on any atom is -0.456 e. The number of nitro groups is 1. The molecule has 0 radical (unpaired) electrons. The molecule has 0 N–H and O–H groups in total. The molecule has 11 heteroatoms. The van der Waals surface area contributed by atoms with Crippen molar-refractivity contribution < 1.29 is 36.0 Å². The zero-order chi connectivity index (χ0) is 24.6. The lowest BCUT2D eigenvalue weighted by Gasteiger charge is -2.19. The van der Waals surface area contributed by atoms with Crippen LogP contribution in [0.15, 0.2) is 42.6 Å². The summed E-state index contributed by atoms with van der Waals surface area (Å²) in [4.78, 5) is 9.62. The number of nitro benzene ring substituents is 1. The van der Waals surface area contributed by atoms with Crippen LogP contribution in [0.2, 0.25) is 0 Å². The molecule has 0 bridgehead atoms. The van der Waals surface area contributed by atoms with Crippen LogP contribution in [-0.2, 0) is 12.4 Å². The average Bonchev–Trinajstić information content (AvgIpc) is 3.13. The van der Waals surface area contributed by atoms with E-state index in [9.17, 15) is 36.5 Å². The molecular formula is C22H20F6N2O3. The molecule has 0 saturated carbocycles. The van der Waals surface area contributed by atoms with E-state index in [1.54, 1.807) is 12.1 Å². The highest BCUT2D eigenvalue weighted by molar-refractivity contribution is 5.82. The molecular weight excluding hydrogens is 454 g/mol. The van der Waals surface area contributed by atoms with E-state index in [2.05, 4.69) is 0 Å². The Labute approximate surface area is 184 Å². The monoisotopic (exact) mass is 474 g/mol. The van der Waals surface area contributed by atoms with Gasteiger partial charge in [-0.2, -0.15) is 26.3 Å². The quantitative estimate of drug-likeness (QED) is 0.197. The van der Waals surface area contributed by atoms with E-state index in [0.29, 0.717) is 5.39 Å². The molecule has 0 amide bonds. The van der Waals surface area contributed by atoms with Gasteiger partial charge in [0.15, 0.2) is 5.75 Å². The van der Waals surface area contributed by atoms with Crippen molar-refractivity contribution in [1.29, 1.82) is 0 Å². The van der Waals surface area contributed by atoms with Gasteiger partial charge in [0, 0.05) is 35.3 Å². The molecule has 1 heterocycles. The normalized spacial score (nSPS) is 13.3. The van der Waals surface area contributed by atoms with Gasteiger partial charge in [0.2, 0.25) is 0 Å². The number of aromatic nitrogens is 1. The van der Waals surface area contributed by atoms with Gasteiger partial charge in [0.05, 0.1) is 4.92 Å². The van der Waals surface area contributed by atoms with Crippen LogP contribution >= 0.6 is 0 Å². The number of alkyl halides is 6. The number of non-ortho nitro benzene ring substituents is 1. The molecule has 3 rings (SSSR count). The fourth-order valence-electron chi connectivity index (χ4n) is 3.77. The lowest BCUT2D eigenvalue weighted by molar-refractivity contribution is -0.385. The standard InChI is InChI=1S/C22H20F6N2O3/c1-3-5-14(4-2)29-9-8-13-10-16(6-7-19(13)29)33-20-17(21(23,24)25)11-15(30(31)32)12-18(20)22(26,27)28/h6-12,14H,3-5H2,1-2H3. The Hall–Kier alpha value is -3.24. The largest absolute Gasteiger partial charge is 0.456 e. The van der Waals surface area contributed by atoms with E-state index in [0.717, 1.165) is 24.8 Å². The highest BCUT2D eigenvalue weighted by atomic mass is 19.4. The highest BCUT2D eigenvalue weighted by Crippen LogP contribution is 2.48. The summed E-state index contributed by atoms with van der Waals surface area (Å²) >= 11 is 0. The Balaban J connectivity index is 2.13. The zero-order valence-corrected chi connectivity index (χ0v) is 17.6. The maximum atomic E-state index is 13.5. The first-order chi connectivity index (χ1) is 15.4. The summed E-state index contributed by atoms with van der Waals surface area (Å²) in [5, 5.41) is 11.5. The number of hydrogen-bond donors (Lipinski definition) is 0. The van der Waals surface area contributed by atoms with Crippen molar-refractivity contribution in [3.8, 4) is 11.5 Å². The van der Waals surface area contributed by atoms with Gasteiger partial charge in [-0.3, -0.25) is 10.1 Å². The number of rotatable bonds is 7. The molecule has 3 aromatic rings. The van der Waals surface area contributed by atoms with Gasteiger partial charge in [-0.15, -0.1) is 0 Å². The third-order valence-corrected chi connectivity index (χ3v) is 5.29. The Morgan fingerprint density at radius 2 is 1.61 bits per heavy atom. The number of halogens is 6. The van der Waals surface area contributed by atoms with Crippen LogP contribution in [0.5, 0.6) is 11.5 Å². The lowest BCUT2D eigenvalue weighted by Crippen LogP contribution is -2.15. The van der Waals surface area contributed by atoms with Crippen LogP contribution in [0, 0.1) is 10.1 Å². The van der Waals surface area contributed by atoms with Crippen molar-refractivity contribution in [1.82, 2.24) is 4.57 Å². The van der Waals surface area contributed by atoms with Gasteiger partial charge in [0.1, 0.15) is 16.9 Å². The molecule has 2 aromatic carbocycles. The minimum absolute atomic E-state index is 0.0379. The fourth-order valence-corrected chi connectivity index (χ4v) is 3.77. The van der Waals surface area contributed by atoms with Crippen LogP contribution in [0.1, 0.15) is 50.3 Å². The highest BCUT2D eigenvalue weighted by Gasteiger charge is 2.44. The van der Waals surface area contributed by atoms with Gasteiger partial charge in [0.25, 0.3) is 5.69 Å². The summed E-state index contributed by atoms with van der Waals surface area (Å²) in [6, 6.07) is 6.15. The van der Waals surface area contributed by atoms with Crippen molar-refractivity contribution in [2.24, 2.45) is 0 Å². The Kier molecular flexibility index (Phi) is 6.62. The Morgan fingerprint density at radius 1 is 1.00 bits per heavy atom. The first-order valence-corrected chi connectivity index (χ1v) is 10.1. The molecule has 1 aromatic heterocycles. The van der Waals surface area contributed by atoms with Gasteiger partial charge in [-0.25, -0.2) is 0 Å². The molecule has 0 spiro atoms. The summed E-state index contributed by atoms with van der Waals surface area (Å²) in [7, 11) is 0. The van der Waals surface area contributed by atoms with Crippen molar-refractivity contribution in [3.05, 3.63) is 63.8 Å². The first kappa shape index (κ1) is 24.4. The predicted octanol–water partition coefficient (Wildman–Crippen LogP) is 8.13. The van der Waals surface area contributed by atoms with Crippen LogP contribution < -0.4 is 4.74 Å². The van der Waals surface area contributed by atoms with E-state index in [4.69, 9.17) is 4.74 Å². The zero-order valence-electron chi connectivity index (χ0n) is 17.6. The predicted molar refractivity (Wildman–Crippen MR) is 109 cm³/mol. The first-order valence-electron chi connectivity index (χ1n) is 10.1. The SMILES string of the molecule is CCCC(CC)n1ccc2cc(Oc3c(C(F)(F)F)cc([N+](=O)[O-])cc3C(F)(F)F)ccc21. The molecule has 0 fully saturated rings. The van der Waals surface area contributed by atoms with Crippen LogP contribution in [0.25, 0.3) is 10.9 Å². The van der Waals surface area contributed by atoms with Crippen molar-refractivity contribution in [2.45, 2.75) is 51.5 Å². The Morgan fingerprint density at radius 3 is 2.09 bits per heavy atom. The lowest BCUT2D eigenvalue weighted by atomic mass is 10.1. The molecule has 1 unspecified atom stereocenters. The smallest absolute Gasteiger partial charge is 0.420 e. The summed E-state index contributed by atoms with van der Waals surface area (Å²) in [5.41, 5.74) is -4.33. The third-order valence-electron chi connectivity index (χ3n) is 5.29. The summed E-state index contributed by atoms with van der Waals surface area (Å²) in [5.74, 6) is -1.79. The minimum atomic E-state index is -5.32. The van der Waals surface area contributed by atoms with E-state index in [1.807, 2.05) is 24.6 Å². The summed E-state index contributed by atoms with van der Waals surface area (Å²) in [6.07, 6.45) is -6.12. The number of fused-ring (bicyclic) bond motifs is 1. The van der Waals surface area contributed by atoms with Crippen LogP contribution in [0.3, 0.4) is 0 Å². The third kappa shape index (κ3) is 5.07. The summed E-state index contributed by atoms with van der Waals surface area (Å²) < 4.78 is 88.4. The number of benzene rings is 2. The van der Waals surface area contributed by atoms with Gasteiger partial charge in [-0.05, 0) is 37.1 Å². The van der Waals surface area contributed by atoms with E-state index < -0.39 is 39.8 Å². The van der Waals surface area contributed by atoms with E-state index >= 15 is 0 Å². The van der Waals surface area contributed by atoms with E-state index in [-0.39, 0.29) is 23.9 Å². The second-order valence-corrected chi connectivity index (χ2v) is 7.52. The number of hydrogen-bond acceptors (Lipinski definition) is 3. The molecule has 33 heavy (non-hydrogen) atoms. The van der Waals surface area contributed by atoms with Crippen molar-refractivity contribution >= 4 is 16.6 Å². The molecule has 0 aliphatic rings. The molecule has 0 aliphatic heterocycles. The maximum Gasteiger partial charge on any atom is 0.420 e. The van der Waals surface area contributed by atoms with Crippen molar-refractivity contribution in [3.63, 3.8) is 0 Å². The molecule has 178 valence electrons. The number of nitrogens with zero attached hydrogens (tertiary/aromatic N) is 2. The van der Waals surface area contributed by atoms with Crippen molar-refractivity contribution in [2.75, 3.05) is 0 Å². The summed E-state index contributed by atoms with van der Waals surface area (Å²) in [6.45, 7) is 4.07. The molecule has 0 saturated heterocycles. The second kappa shape index (κ2) is 8.95. The maximum absolute atomic E-state index is 13.5. The molecule has 0 aliphatic carbocycles. The average molecular weight is 474 g/mol. The number of ether oxygens (including phenoxy) is 1. The second-order valence-electron chi connectivity index (χ2n) is 7.52. The van der Waals surface area contributed by atoms with Gasteiger partial charge in [-0.1, -0.05) is 20.3 Å². The van der Waals surface area contributed by atoms with E-state index in [1.165, 1.54) is 12.1 Å². The van der Waals surface area contributed by atoms with Gasteiger partial charge >= 0.3 is 12.4 Å². The Bertz CT molecular complexity index is 1130. The fraction of sp³-hybridized carbons (Fsp3) is 0.364. The molecule has 1 atom stereocenters. The molecule has 5 nitrogen and oxygen atoms in total. The topological polar surface area (TPSA) is 57.3 Å². The van der Waals surface area contributed by atoms with Crippen LogP contribution in [0.4, 0.5) is 32.0 Å².